The second kappa shape index (κ2) is 13.1. The van der Waals surface area contributed by atoms with Gasteiger partial charge in [-0.1, -0.05) is 30.7 Å². The van der Waals surface area contributed by atoms with Gasteiger partial charge in [0.1, 0.15) is 18.2 Å². The van der Waals surface area contributed by atoms with Crippen molar-refractivity contribution in [1.82, 2.24) is 14.8 Å². The number of nitrogens with one attached hydrogen (secondary N) is 1. The first-order valence-corrected chi connectivity index (χ1v) is 14.8. The molecule has 228 valence electrons. The monoisotopic (exact) mass is 609 g/mol. The largest absolute Gasteiger partial charge is 0.493 e. The van der Waals surface area contributed by atoms with Crippen LogP contribution < -0.4 is 14.8 Å². The van der Waals surface area contributed by atoms with E-state index in [1.807, 2.05) is 59.3 Å². The SMILES string of the molecule is CCC(C(=O)O)N1CCC[C@@H](NC(=O)CC[C@H]2O[C@H](c3cccc(OC)c3OC)c3cc(Cl)ccc3-n3cccc32)C1=O. The summed E-state index contributed by atoms with van der Waals surface area (Å²) in [6.45, 7) is 2.10. The molecule has 1 fully saturated rings. The fourth-order valence-corrected chi connectivity index (χ4v) is 6.29. The van der Waals surface area contributed by atoms with Gasteiger partial charge >= 0.3 is 5.97 Å². The van der Waals surface area contributed by atoms with E-state index in [4.69, 9.17) is 25.8 Å². The van der Waals surface area contributed by atoms with Gasteiger partial charge in [-0.05, 0) is 62.1 Å². The summed E-state index contributed by atoms with van der Waals surface area (Å²) in [6, 6.07) is 13.5. The predicted molar refractivity (Wildman–Crippen MR) is 160 cm³/mol. The molecule has 43 heavy (non-hydrogen) atoms. The van der Waals surface area contributed by atoms with E-state index in [1.54, 1.807) is 21.1 Å². The number of halogens is 1. The second-order valence-corrected chi connectivity index (χ2v) is 11.1. The minimum atomic E-state index is -1.04. The fraction of sp³-hybridized carbons (Fsp3) is 0.406. The lowest BCUT2D eigenvalue weighted by Gasteiger charge is -2.36. The van der Waals surface area contributed by atoms with E-state index < -0.39 is 30.3 Å². The van der Waals surface area contributed by atoms with Gasteiger partial charge < -0.3 is 34.1 Å². The average Bonchev–Trinajstić information content (AvgIpc) is 3.44. The van der Waals surface area contributed by atoms with Crippen molar-refractivity contribution >= 4 is 29.4 Å². The number of likely N-dealkylation sites (tertiary alicyclic amines) is 1. The zero-order valence-corrected chi connectivity index (χ0v) is 25.2. The van der Waals surface area contributed by atoms with Crippen LogP contribution in [0.1, 0.15) is 68.1 Å². The molecule has 10 nitrogen and oxygen atoms in total. The molecule has 1 aromatic heterocycles. The van der Waals surface area contributed by atoms with Crippen LogP contribution in [-0.4, -0.2) is 65.2 Å². The maximum atomic E-state index is 13.2. The van der Waals surface area contributed by atoms with E-state index in [0.717, 1.165) is 22.5 Å². The van der Waals surface area contributed by atoms with Crippen LogP contribution in [0.5, 0.6) is 11.5 Å². The number of carbonyl (C=O) groups is 3. The third kappa shape index (κ3) is 6.07. The highest BCUT2D eigenvalue weighted by Crippen LogP contribution is 2.46. The number of amides is 2. The summed E-state index contributed by atoms with van der Waals surface area (Å²) in [7, 11) is 3.16. The quantitative estimate of drug-likeness (QED) is 0.330. The van der Waals surface area contributed by atoms with Crippen molar-refractivity contribution < 1.29 is 33.7 Å². The number of ether oxygens (including phenoxy) is 3. The number of benzene rings is 2. The molecule has 2 amide bonds. The van der Waals surface area contributed by atoms with Crippen LogP contribution in [0.4, 0.5) is 0 Å². The van der Waals surface area contributed by atoms with Gasteiger partial charge in [0.2, 0.25) is 11.8 Å². The molecule has 2 N–H and O–H groups in total. The van der Waals surface area contributed by atoms with Crippen LogP contribution in [0.25, 0.3) is 5.69 Å². The third-order valence-electron chi connectivity index (χ3n) is 8.15. The Hall–Kier alpha value is -4.02. The Balaban J connectivity index is 1.40. The van der Waals surface area contributed by atoms with E-state index in [1.165, 1.54) is 4.90 Å². The predicted octanol–water partition coefficient (Wildman–Crippen LogP) is 5.06. The molecule has 4 atom stereocenters. The Morgan fingerprint density at radius 3 is 2.67 bits per heavy atom. The van der Waals surface area contributed by atoms with Gasteiger partial charge in [-0.25, -0.2) is 4.79 Å². The standard InChI is InChI=1S/C32H36ClN3O7/c1-4-23(32(39)40)36-17-6-9-22(31(36)38)34-28(37)15-14-26-25-10-7-16-35(25)24-13-12-19(33)18-21(24)29(43-26)20-8-5-11-27(41-2)30(20)42-3/h5,7-8,10-13,16,18,22-23,26,29H,4,6,9,14-15,17H2,1-3H3,(H,34,37)(H,39,40)/t22-,23?,26-,29-/m1/s1. The number of para-hydroxylation sites is 1. The topological polar surface area (TPSA) is 119 Å². The second-order valence-electron chi connectivity index (χ2n) is 10.7. The molecule has 1 saturated heterocycles. The van der Waals surface area contributed by atoms with Gasteiger partial charge in [-0.2, -0.15) is 0 Å². The summed E-state index contributed by atoms with van der Waals surface area (Å²) in [5.74, 6) is -0.597. The van der Waals surface area contributed by atoms with E-state index in [-0.39, 0.29) is 18.2 Å². The molecule has 0 spiro atoms. The molecule has 0 bridgehead atoms. The number of rotatable bonds is 10. The number of carboxylic acids is 1. The number of piperidine rings is 1. The Morgan fingerprint density at radius 2 is 1.95 bits per heavy atom. The molecule has 1 unspecified atom stereocenters. The first-order chi connectivity index (χ1) is 20.8. The number of hydrogen-bond donors (Lipinski definition) is 2. The van der Waals surface area contributed by atoms with Gasteiger partial charge in [0, 0.05) is 35.3 Å². The zero-order valence-electron chi connectivity index (χ0n) is 24.4. The molecule has 3 heterocycles. The maximum Gasteiger partial charge on any atom is 0.326 e. The molecule has 0 aliphatic carbocycles. The lowest BCUT2D eigenvalue weighted by molar-refractivity contribution is -0.153. The summed E-state index contributed by atoms with van der Waals surface area (Å²) < 4.78 is 20.2. The Morgan fingerprint density at radius 1 is 1.14 bits per heavy atom. The molecule has 2 aromatic carbocycles. The van der Waals surface area contributed by atoms with Crippen LogP contribution in [0.2, 0.25) is 5.02 Å². The van der Waals surface area contributed by atoms with Gasteiger partial charge in [0.25, 0.3) is 0 Å². The van der Waals surface area contributed by atoms with E-state index >= 15 is 0 Å². The molecule has 3 aromatic rings. The zero-order chi connectivity index (χ0) is 30.7. The smallest absolute Gasteiger partial charge is 0.326 e. The van der Waals surface area contributed by atoms with Crippen LogP contribution in [0.15, 0.2) is 54.7 Å². The third-order valence-corrected chi connectivity index (χ3v) is 8.38. The summed E-state index contributed by atoms with van der Waals surface area (Å²) in [5.41, 5.74) is 3.35. The van der Waals surface area contributed by atoms with Crippen molar-refractivity contribution in [1.29, 1.82) is 0 Å². The molecule has 11 heteroatoms. The van der Waals surface area contributed by atoms with Gasteiger partial charge in [0.15, 0.2) is 11.5 Å². The van der Waals surface area contributed by atoms with E-state index in [0.29, 0.717) is 48.7 Å². The van der Waals surface area contributed by atoms with Crippen molar-refractivity contribution in [3.8, 4) is 17.2 Å². The first kappa shape index (κ1) is 30.4. The highest BCUT2D eigenvalue weighted by atomic mass is 35.5. The summed E-state index contributed by atoms with van der Waals surface area (Å²) in [6.07, 6.45) is 2.66. The number of fused-ring (bicyclic) bond motifs is 3. The maximum absolute atomic E-state index is 13.2. The van der Waals surface area contributed by atoms with Crippen molar-refractivity contribution in [3.63, 3.8) is 0 Å². The van der Waals surface area contributed by atoms with Crippen molar-refractivity contribution in [3.05, 3.63) is 76.6 Å². The lowest BCUT2D eigenvalue weighted by Crippen LogP contribution is -2.56. The number of hydrogen-bond acceptors (Lipinski definition) is 6. The normalized spacial score (nSPS) is 20.4. The fourth-order valence-electron chi connectivity index (χ4n) is 6.11. The Bertz CT molecular complexity index is 1510. The molecule has 2 aliphatic heterocycles. The van der Waals surface area contributed by atoms with Crippen LogP contribution >= 0.6 is 11.6 Å². The molecule has 5 rings (SSSR count). The van der Waals surface area contributed by atoms with Crippen LogP contribution in [0, 0.1) is 0 Å². The minimum Gasteiger partial charge on any atom is -0.493 e. The molecular formula is C32H36ClN3O7. The van der Waals surface area contributed by atoms with E-state index in [2.05, 4.69) is 5.32 Å². The lowest BCUT2D eigenvalue weighted by atomic mass is 9.98. The summed E-state index contributed by atoms with van der Waals surface area (Å²) in [4.78, 5) is 39.3. The first-order valence-electron chi connectivity index (χ1n) is 14.4. The molecule has 0 saturated carbocycles. The van der Waals surface area contributed by atoms with Gasteiger partial charge in [-0.15, -0.1) is 0 Å². The number of carboxylic acid groups (broad SMARTS) is 1. The van der Waals surface area contributed by atoms with Crippen molar-refractivity contribution in [2.75, 3.05) is 20.8 Å². The molecule has 2 aliphatic rings. The molecular weight excluding hydrogens is 574 g/mol. The van der Waals surface area contributed by atoms with Crippen LogP contribution in [-0.2, 0) is 19.1 Å². The summed E-state index contributed by atoms with van der Waals surface area (Å²) >= 11 is 6.48. The van der Waals surface area contributed by atoms with Crippen LogP contribution in [0.3, 0.4) is 0 Å². The molecule has 0 radical (unpaired) electrons. The number of aliphatic carboxylic acids is 1. The number of nitrogens with zero attached hydrogens (tertiary/aromatic N) is 2. The van der Waals surface area contributed by atoms with Gasteiger partial charge in [0.05, 0.1) is 31.7 Å². The average molecular weight is 610 g/mol. The number of carbonyl (C=O) groups excluding carboxylic acids is 2. The Kier molecular flexibility index (Phi) is 9.27. The van der Waals surface area contributed by atoms with Crippen molar-refractivity contribution in [2.24, 2.45) is 0 Å². The highest BCUT2D eigenvalue weighted by molar-refractivity contribution is 6.30. The van der Waals surface area contributed by atoms with E-state index in [9.17, 15) is 19.5 Å². The summed E-state index contributed by atoms with van der Waals surface area (Å²) in [5, 5.41) is 13.0. The van der Waals surface area contributed by atoms with Gasteiger partial charge in [-0.3, -0.25) is 9.59 Å². The van der Waals surface area contributed by atoms with Crippen molar-refractivity contribution in [2.45, 2.75) is 63.3 Å². The minimum absolute atomic E-state index is 0.0921. The number of methoxy groups -OCH3 is 2. The highest BCUT2D eigenvalue weighted by Gasteiger charge is 2.37. The Labute approximate surface area is 255 Å². The number of aromatic nitrogens is 1.